The van der Waals surface area contributed by atoms with E-state index in [2.05, 4.69) is 4.90 Å². The molecule has 112 valence electrons. The molecule has 6 nitrogen and oxygen atoms in total. The molecule has 2 rings (SSSR count). The van der Waals surface area contributed by atoms with Crippen LogP contribution in [0.2, 0.25) is 0 Å². The molecule has 20 heavy (non-hydrogen) atoms. The fourth-order valence-corrected chi connectivity index (χ4v) is 2.95. The first-order valence-corrected chi connectivity index (χ1v) is 7.07. The predicted octanol–water partition coefficient (Wildman–Crippen LogP) is -0.528. The smallest absolute Gasteiger partial charge is 0.102 e. The van der Waals surface area contributed by atoms with Gasteiger partial charge in [0.15, 0.2) is 0 Å². The number of hydrogen-bond donors (Lipinski definition) is 4. The number of rotatable bonds is 5. The van der Waals surface area contributed by atoms with Gasteiger partial charge in [-0.05, 0) is 18.2 Å². The lowest BCUT2D eigenvalue weighted by atomic mass is 10.1. The fourth-order valence-electron chi connectivity index (χ4n) is 2.95. The zero-order valence-electron chi connectivity index (χ0n) is 11.8. The minimum atomic E-state index is 0.153. The topological polar surface area (TPSA) is 95.7 Å². The van der Waals surface area contributed by atoms with Crippen molar-refractivity contribution in [3.63, 3.8) is 0 Å². The Kier molecular flexibility index (Phi) is 4.69. The van der Waals surface area contributed by atoms with Crippen molar-refractivity contribution in [2.75, 3.05) is 68.8 Å². The van der Waals surface area contributed by atoms with Crippen molar-refractivity contribution in [1.29, 1.82) is 0 Å². The summed E-state index contributed by atoms with van der Waals surface area (Å²) in [6, 6.07) is 5.55. The van der Waals surface area contributed by atoms with Gasteiger partial charge in [-0.1, -0.05) is 0 Å². The first-order chi connectivity index (χ1) is 9.60. The molecule has 0 unspecified atom stereocenters. The molecule has 0 bridgehead atoms. The third-order valence-electron chi connectivity index (χ3n) is 4.23. The lowest BCUT2D eigenvalue weighted by molar-refractivity contribution is -0.929. The summed E-state index contributed by atoms with van der Waals surface area (Å²) in [6.07, 6.45) is 0. The highest BCUT2D eigenvalue weighted by Gasteiger charge is 2.32. The molecule has 1 aromatic carbocycles. The van der Waals surface area contributed by atoms with Gasteiger partial charge in [0.25, 0.3) is 0 Å². The lowest BCUT2D eigenvalue weighted by Crippen LogP contribution is -2.61. The summed E-state index contributed by atoms with van der Waals surface area (Å²) < 4.78 is 0.770. The highest BCUT2D eigenvalue weighted by Crippen LogP contribution is 2.27. The first-order valence-electron chi connectivity index (χ1n) is 7.07. The van der Waals surface area contributed by atoms with Crippen molar-refractivity contribution in [2.24, 2.45) is 0 Å². The van der Waals surface area contributed by atoms with Gasteiger partial charge >= 0.3 is 0 Å². The van der Waals surface area contributed by atoms with Crippen molar-refractivity contribution in [2.45, 2.75) is 0 Å². The number of aliphatic hydroxyl groups is 2. The summed E-state index contributed by atoms with van der Waals surface area (Å²) in [4.78, 5) is 2.23. The van der Waals surface area contributed by atoms with Crippen LogP contribution in [0.1, 0.15) is 0 Å². The summed E-state index contributed by atoms with van der Waals surface area (Å²) >= 11 is 0. The molecule has 1 saturated heterocycles. The highest BCUT2D eigenvalue weighted by molar-refractivity contribution is 5.72. The van der Waals surface area contributed by atoms with Crippen LogP contribution in [0.4, 0.5) is 17.1 Å². The van der Waals surface area contributed by atoms with E-state index in [1.54, 1.807) is 6.07 Å². The molecule has 0 atom stereocenters. The zero-order valence-corrected chi connectivity index (χ0v) is 11.8. The Bertz CT molecular complexity index is 437. The molecule has 0 saturated carbocycles. The van der Waals surface area contributed by atoms with E-state index in [1.807, 2.05) is 12.1 Å². The molecule has 0 amide bonds. The van der Waals surface area contributed by atoms with Gasteiger partial charge in [0.05, 0.1) is 50.8 Å². The molecule has 6 N–H and O–H groups in total. The Labute approximate surface area is 119 Å². The molecule has 0 radical (unpaired) electrons. The van der Waals surface area contributed by atoms with Gasteiger partial charge in [-0.2, -0.15) is 0 Å². The number of nitrogen functional groups attached to an aromatic ring is 2. The Morgan fingerprint density at radius 1 is 1.05 bits per heavy atom. The van der Waals surface area contributed by atoms with Crippen LogP contribution < -0.4 is 16.4 Å². The van der Waals surface area contributed by atoms with Gasteiger partial charge in [-0.25, -0.2) is 0 Å². The van der Waals surface area contributed by atoms with Gasteiger partial charge in [0.1, 0.15) is 13.1 Å². The summed E-state index contributed by atoms with van der Waals surface area (Å²) in [7, 11) is 0. The summed E-state index contributed by atoms with van der Waals surface area (Å²) in [6.45, 7) is 5.20. The van der Waals surface area contributed by atoms with Crippen LogP contribution in [-0.4, -0.2) is 67.2 Å². The summed E-state index contributed by atoms with van der Waals surface area (Å²) in [5, 5.41) is 18.5. The number of piperazine rings is 1. The predicted molar refractivity (Wildman–Crippen MR) is 81.4 cm³/mol. The van der Waals surface area contributed by atoms with E-state index < -0.39 is 0 Å². The van der Waals surface area contributed by atoms with E-state index in [4.69, 9.17) is 11.5 Å². The van der Waals surface area contributed by atoms with E-state index in [9.17, 15) is 10.2 Å². The maximum Gasteiger partial charge on any atom is 0.102 e. The van der Waals surface area contributed by atoms with Crippen LogP contribution in [-0.2, 0) is 0 Å². The van der Waals surface area contributed by atoms with Crippen LogP contribution in [0.5, 0.6) is 0 Å². The number of nitrogens with zero attached hydrogens (tertiary/aromatic N) is 2. The SMILES string of the molecule is Nc1ccc(N)c(N2CC[N+](CCO)(CCO)CC2)c1. The van der Waals surface area contributed by atoms with E-state index >= 15 is 0 Å². The summed E-state index contributed by atoms with van der Waals surface area (Å²) in [5.41, 5.74) is 14.3. The van der Waals surface area contributed by atoms with Crippen LogP contribution >= 0.6 is 0 Å². The number of hydrogen-bond acceptors (Lipinski definition) is 5. The number of benzene rings is 1. The Hall–Kier alpha value is -1.50. The maximum absolute atomic E-state index is 9.23. The van der Waals surface area contributed by atoms with E-state index in [1.165, 1.54) is 0 Å². The molecule has 1 fully saturated rings. The minimum Gasteiger partial charge on any atom is -0.399 e. The molecule has 1 aromatic rings. The van der Waals surface area contributed by atoms with Gasteiger partial charge < -0.3 is 31.1 Å². The van der Waals surface area contributed by atoms with Crippen molar-refractivity contribution >= 4 is 17.1 Å². The van der Waals surface area contributed by atoms with Crippen LogP contribution in [0.15, 0.2) is 18.2 Å². The summed E-state index contributed by atoms with van der Waals surface area (Å²) in [5.74, 6) is 0. The van der Waals surface area contributed by atoms with Crippen LogP contribution in [0.3, 0.4) is 0 Å². The van der Waals surface area contributed by atoms with Crippen molar-refractivity contribution in [3.8, 4) is 0 Å². The molecular formula is C14H25N4O2+. The van der Waals surface area contributed by atoms with Crippen molar-refractivity contribution in [1.82, 2.24) is 0 Å². The van der Waals surface area contributed by atoms with E-state index in [0.29, 0.717) is 18.8 Å². The quantitative estimate of drug-likeness (QED) is 0.430. The average molecular weight is 281 g/mol. The first kappa shape index (κ1) is 14.9. The van der Waals surface area contributed by atoms with Gasteiger partial charge in [0, 0.05) is 5.69 Å². The van der Waals surface area contributed by atoms with Gasteiger partial charge in [-0.3, -0.25) is 0 Å². The largest absolute Gasteiger partial charge is 0.399 e. The number of aliphatic hydroxyl groups excluding tert-OH is 2. The normalized spacial score (nSPS) is 18.2. The molecule has 1 aliphatic heterocycles. The van der Waals surface area contributed by atoms with Gasteiger partial charge in [-0.15, -0.1) is 0 Å². The Morgan fingerprint density at radius 3 is 2.20 bits per heavy atom. The standard InChI is InChI=1S/C14H25N4O2/c15-12-1-2-13(16)14(11-12)17-3-5-18(6-4-17,7-9-19)8-10-20/h1-2,11,19-20H,3-10,15-16H2/q+1. The molecule has 6 heteroatoms. The Balaban J connectivity index is 2.08. The fraction of sp³-hybridized carbons (Fsp3) is 0.571. The van der Waals surface area contributed by atoms with Crippen LogP contribution in [0, 0.1) is 0 Å². The third-order valence-corrected chi connectivity index (χ3v) is 4.23. The van der Waals surface area contributed by atoms with Gasteiger partial charge in [0.2, 0.25) is 0 Å². The highest BCUT2D eigenvalue weighted by atomic mass is 16.3. The monoisotopic (exact) mass is 281 g/mol. The number of quaternary nitrogens is 1. The molecule has 0 aliphatic carbocycles. The number of nitrogens with two attached hydrogens (primary N) is 2. The lowest BCUT2D eigenvalue weighted by Gasteiger charge is -2.45. The molecule has 1 aliphatic rings. The zero-order chi connectivity index (χ0) is 14.6. The second-order valence-corrected chi connectivity index (χ2v) is 5.49. The van der Waals surface area contributed by atoms with Crippen LogP contribution in [0.25, 0.3) is 0 Å². The average Bonchev–Trinajstić information content (AvgIpc) is 2.43. The minimum absolute atomic E-state index is 0.153. The number of anilines is 3. The third kappa shape index (κ3) is 3.15. The molecular weight excluding hydrogens is 256 g/mol. The molecule has 1 heterocycles. The second kappa shape index (κ2) is 6.30. The maximum atomic E-state index is 9.23. The van der Waals surface area contributed by atoms with Crippen molar-refractivity contribution < 1.29 is 14.7 Å². The second-order valence-electron chi connectivity index (χ2n) is 5.49. The van der Waals surface area contributed by atoms with E-state index in [-0.39, 0.29) is 13.2 Å². The van der Waals surface area contributed by atoms with E-state index in [0.717, 1.165) is 42.0 Å². The molecule has 0 spiro atoms. The molecule has 0 aromatic heterocycles. The Morgan fingerprint density at radius 2 is 1.65 bits per heavy atom. The van der Waals surface area contributed by atoms with Crippen molar-refractivity contribution in [3.05, 3.63) is 18.2 Å².